The fraction of sp³-hybridized carbons (Fsp3) is 0.133. The van der Waals surface area contributed by atoms with E-state index in [1.807, 2.05) is 0 Å². The zero-order chi connectivity index (χ0) is 16.1. The van der Waals surface area contributed by atoms with E-state index in [0.717, 1.165) is 24.3 Å². The Morgan fingerprint density at radius 2 is 1.73 bits per heavy atom. The Labute approximate surface area is 124 Å². The number of carbonyl (C=O) groups excluding carboxylic acids is 1. The topological polar surface area (TPSA) is 69.4 Å². The van der Waals surface area contributed by atoms with Gasteiger partial charge in [0.25, 0.3) is 5.69 Å². The number of nitro benzene ring substituents is 1. The number of hydrogen-bond donors (Lipinski definition) is 0. The van der Waals surface area contributed by atoms with Gasteiger partial charge in [0, 0.05) is 5.56 Å². The molecule has 2 aromatic rings. The summed E-state index contributed by atoms with van der Waals surface area (Å²) in [7, 11) is 0. The lowest BCUT2D eigenvalue weighted by atomic mass is 10.1. The van der Waals surface area contributed by atoms with Gasteiger partial charge in [-0.15, -0.1) is 0 Å². The molecule has 0 radical (unpaired) electrons. The molecule has 22 heavy (non-hydrogen) atoms. The van der Waals surface area contributed by atoms with Gasteiger partial charge in [-0.3, -0.25) is 14.9 Å². The van der Waals surface area contributed by atoms with E-state index in [1.54, 1.807) is 0 Å². The molecular weight excluding hydrogens is 296 g/mol. The normalized spacial score (nSPS) is 10.3. The van der Waals surface area contributed by atoms with Crippen LogP contribution in [-0.2, 0) is 11.2 Å². The third-order valence-electron chi connectivity index (χ3n) is 2.89. The summed E-state index contributed by atoms with van der Waals surface area (Å²) in [5.74, 6) is -1.61. The van der Waals surface area contributed by atoms with Gasteiger partial charge in [-0.2, -0.15) is 0 Å². The molecule has 0 aliphatic carbocycles. The number of halogens is 2. The molecule has 0 atom stereocenters. The summed E-state index contributed by atoms with van der Waals surface area (Å²) >= 11 is 0. The molecule has 114 valence electrons. The van der Waals surface area contributed by atoms with Crippen LogP contribution < -0.4 is 4.74 Å². The SMILES string of the molecule is O=C(CCc1ccc(F)cc1[N+](=O)[O-])Oc1ccc(F)cc1. The van der Waals surface area contributed by atoms with Crippen LogP contribution in [0.25, 0.3) is 0 Å². The van der Waals surface area contributed by atoms with Gasteiger partial charge in [0.15, 0.2) is 0 Å². The zero-order valence-corrected chi connectivity index (χ0v) is 11.3. The average Bonchev–Trinajstić information content (AvgIpc) is 2.48. The van der Waals surface area contributed by atoms with Gasteiger partial charge in [0.05, 0.1) is 17.4 Å². The quantitative estimate of drug-likeness (QED) is 0.367. The first-order valence-corrected chi connectivity index (χ1v) is 6.35. The molecule has 0 saturated carbocycles. The van der Waals surface area contributed by atoms with E-state index in [9.17, 15) is 23.7 Å². The molecule has 0 fully saturated rings. The summed E-state index contributed by atoms with van der Waals surface area (Å²) < 4.78 is 30.7. The first-order chi connectivity index (χ1) is 10.5. The number of esters is 1. The second kappa shape index (κ2) is 6.75. The van der Waals surface area contributed by atoms with Crippen molar-refractivity contribution in [2.45, 2.75) is 12.8 Å². The third kappa shape index (κ3) is 4.08. The van der Waals surface area contributed by atoms with Crippen LogP contribution in [0.5, 0.6) is 5.75 Å². The van der Waals surface area contributed by atoms with Gasteiger partial charge in [-0.1, -0.05) is 0 Å². The van der Waals surface area contributed by atoms with Crippen LogP contribution in [0.1, 0.15) is 12.0 Å². The summed E-state index contributed by atoms with van der Waals surface area (Å²) in [6.07, 6.45) is -0.0829. The molecule has 2 rings (SSSR count). The standard InChI is InChI=1S/C15H11F2NO4/c16-11-4-6-13(7-5-11)22-15(19)8-2-10-1-3-12(17)9-14(10)18(20)21/h1,3-7,9H,2,8H2. The van der Waals surface area contributed by atoms with Crippen molar-refractivity contribution in [3.05, 3.63) is 69.8 Å². The Kier molecular flexibility index (Phi) is 4.77. The molecular formula is C15H11F2NO4. The van der Waals surface area contributed by atoms with Crippen LogP contribution in [0.2, 0.25) is 0 Å². The van der Waals surface area contributed by atoms with Crippen LogP contribution in [0.15, 0.2) is 42.5 Å². The highest BCUT2D eigenvalue weighted by molar-refractivity contribution is 5.72. The molecule has 0 saturated heterocycles. The maximum atomic E-state index is 13.0. The highest BCUT2D eigenvalue weighted by atomic mass is 19.1. The van der Waals surface area contributed by atoms with E-state index >= 15 is 0 Å². The first-order valence-electron chi connectivity index (χ1n) is 6.35. The smallest absolute Gasteiger partial charge is 0.311 e. The van der Waals surface area contributed by atoms with Crippen LogP contribution >= 0.6 is 0 Å². The van der Waals surface area contributed by atoms with Crippen LogP contribution in [0.3, 0.4) is 0 Å². The Morgan fingerprint density at radius 3 is 2.36 bits per heavy atom. The second-order valence-electron chi connectivity index (χ2n) is 4.46. The summed E-state index contributed by atoms with van der Waals surface area (Å²) in [5, 5.41) is 10.8. The predicted octanol–water partition coefficient (Wildman–Crippen LogP) is 3.41. The number of ether oxygens (including phenoxy) is 1. The fourth-order valence-electron chi connectivity index (χ4n) is 1.84. The maximum Gasteiger partial charge on any atom is 0.311 e. The van der Waals surface area contributed by atoms with Gasteiger partial charge >= 0.3 is 5.97 Å². The summed E-state index contributed by atoms with van der Waals surface area (Å²) in [4.78, 5) is 21.8. The molecule has 0 aromatic heterocycles. The van der Waals surface area contributed by atoms with Crippen molar-refractivity contribution in [1.82, 2.24) is 0 Å². The number of nitro groups is 1. The predicted molar refractivity (Wildman–Crippen MR) is 73.4 cm³/mol. The molecule has 0 aliphatic rings. The molecule has 0 N–H and O–H groups in total. The van der Waals surface area contributed by atoms with Crippen molar-refractivity contribution in [2.24, 2.45) is 0 Å². The first kappa shape index (κ1) is 15.6. The molecule has 2 aromatic carbocycles. The Bertz CT molecular complexity index is 701. The molecule has 0 heterocycles. The lowest BCUT2D eigenvalue weighted by Gasteiger charge is -2.05. The third-order valence-corrected chi connectivity index (χ3v) is 2.89. The number of carbonyl (C=O) groups is 1. The minimum Gasteiger partial charge on any atom is -0.427 e. The van der Waals surface area contributed by atoms with Crippen molar-refractivity contribution in [3.8, 4) is 5.75 Å². The van der Waals surface area contributed by atoms with E-state index in [-0.39, 0.29) is 29.8 Å². The average molecular weight is 307 g/mol. The van der Waals surface area contributed by atoms with E-state index in [1.165, 1.54) is 18.2 Å². The Balaban J connectivity index is 1.99. The number of aryl methyl sites for hydroxylation is 1. The lowest BCUT2D eigenvalue weighted by molar-refractivity contribution is -0.385. The lowest BCUT2D eigenvalue weighted by Crippen LogP contribution is -2.09. The van der Waals surface area contributed by atoms with Crippen LogP contribution in [0.4, 0.5) is 14.5 Å². The van der Waals surface area contributed by atoms with Crippen molar-refractivity contribution in [1.29, 1.82) is 0 Å². The Morgan fingerprint density at radius 1 is 1.09 bits per heavy atom. The van der Waals surface area contributed by atoms with Gasteiger partial charge < -0.3 is 4.74 Å². The largest absolute Gasteiger partial charge is 0.427 e. The fourth-order valence-corrected chi connectivity index (χ4v) is 1.84. The minimum atomic E-state index is -0.718. The summed E-state index contributed by atoms with van der Waals surface area (Å²) in [6.45, 7) is 0. The van der Waals surface area contributed by atoms with Gasteiger partial charge in [0.2, 0.25) is 0 Å². The highest BCUT2D eigenvalue weighted by Gasteiger charge is 2.16. The number of rotatable bonds is 5. The molecule has 7 heteroatoms. The van der Waals surface area contributed by atoms with Crippen molar-refractivity contribution in [3.63, 3.8) is 0 Å². The number of hydrogen-bond acceptors (Lipinski definition) is 4. The number of benzene rings is 2. The molecule has 0 aliphatic heterocycles. The molecule has 0 unspecified atom stereocenters. The Hall–Kier alpha value is -2.83. The van der Waals surface area contributed by atoms with Crippen molar-refractivity contribution < 1.29 is 23.2 Å². The van der Waals surface area contributed by atoms with Crippen LogP contribution in [0, 0.1) is 21.7 Å². The van der Waals surface area contributed by atoms with E-state index in [0.29, 0.717) is 0 Å². The van der Waals surface area contributed by atoms with E-state index in [4.69, 9.17) is 4.74 Å². The number of nitrogens with zero attached hydrogens (tertiary/aromatic N) is 1. The van der Waals surface area contributed by atoms with Crippen LogP contribution in [-0.4, -0.2) is 10.9 Å². The molecule has 0 bridgehead atoms. The summed E-state index contributed by atoms with van der Waals surface area (Å²) in [6, 6.07) is 8.05. The van der Waals surface area contributed by atoms with E-state index in [2.05, 4.69) is 0 Å². The molecule has 5 nitrogen and oxygen atoms in total. The zero-order valence-electron chi connectivity index (χ0n) is 11.3. The van der Waals surface area contributed by atoms with Gasteiger partial charge in [-0.25, -0.2) is 8.78 Å². The maximum absolute atomic E-state index is 13.0. The highest BCUT2D eigenvalue weighted by Crippen LogP contribution is 2.21. The molecule has 0 amide bonds. The summed E-state index contributed by atoms with van der Waals surface area (Å²) in [5.41, 5.74) is -0.142. The van der Waals surface area contributed by atoms with E-state index < -0.39 is 22.5 Å². The van der Waals surface area contributed by atoms with Crippen molar-refractivity contribution >= 4 is 11.7 Å². The van der Waals surface area contributed by atoms with Crippen molar-refractivity contribution in [2.75, 3.05) is 0 Å². The second-order valence-corrected chi connectivity index (χ2v) is 4.46. The van der Waals surface area contributed by atoms with Gasteiger partial charge in [0.1, 0.15) is 17.4 Å². The monoisotopic (exact) mass is 307 g/mol. The van der Waals surface area contributed by atoms with Gasteiger partial charge in [-0.05, 0) is 42.8 Å². The minimum absolute atomic E-state index is 0.0383. The molecule has 0 spiro atoms.